The summed E-state index contributed by atoms with van der Waals surface area (Å²) in [5.74, 6) is -0.716. The Labute approximate surface area is 125 Å². The van der Waals surface area contributed by atoms with E-state index in [9.17, 15) is 9.59 Å². The van der Waals surface area contributed by atoms with Crippen molar-refractivity contribution in [1.82, 2.24) is 5.32 Å². The van der Waals surface area contributed by atoms with E-state index < -0.39 is 12.0 Å². The van der Waals surface area contributed by atoms with Crippen molar-refractivity contribution in [3.8, 4) is 5.75 Å². The van der Waals surface area contributed by atoms with Crippen LogP contribution >= 0.6 is 0 Å². The zero-order chi connectivity index (χ0) is 16.0. The first-order chi connectivity index (χ1) is 9.82. The number of carbonyl (C=O) groups excluding carboxylic acids is 1. The highest BCUT2D eigenvalue weighted by molar-refractivity contribution is 5.83. The van der Waals surface area contributed by atoms with Crippen LogP contribution in [-0.2, 0) is 9.59 Å². The molecule has 0 heterocycles. The van der Waals surface area contributed by atoms with Gasteiger partial charge in [-0.2, -0.15) is 0 Å². The van der Waals surface area contributed by atoms with Crippen molar-refractivity contribution in [2.24, 2.45) is 5.92 Å². The zero-order valence-electron chi connectivity index (χ0n) is 13.0. The summed E-state index contributed by atoms with van der Waals surface area (Å²) in [4.78, 5) is 22.8. The summed E-state index contributed by atoms with van der Waals surface area (Å²) in [6.07, 6.45) is 0.129. The second-order valence-electron chi connectivity index (χ2n) is 5.45. The van der Waals surface area contributed by atoms with E-state index in [2.05, 4.69) is 5.32 Å². The van der Waals surface area contributed by atoms with Gasteiger partial charge in [-0.25, -0.2) is 4.79 Å². The lowest BCUT2D eigenvalue weighted by Crippen LogP contribution is -2.44. The lowest BCUT2D eigenvalue weighted by Gasteiger charge is -2.18. The SMILES string of the molecule is Cc1cccc(C)c1OCCC(=O)N[C@H](C(=O)O)C(C)C. The van der Waals surface area contributed by atoms with Crippen LogP contribution < -0.4 is 10.1 Å². The van der Waals surface area contributed by atoms with Gasteiger partial charge in [-0.1, -0.05) is 32.0 Å². The first kappa shape index (κ1) is 17.0. The summed E-state index contributed by atoms with van der Waals surface area (Å²) in [6, 6.07) is 4.98. The van der Waals surface area contributed by atoms with Gasteiger partial charge in [-0.3, -0.25) is 4.79 Å². The molecule has 116 valence electrons. The minimum atomic E-state index is -1.02. The van der Waals surface area contributed by atoms with Crippen LogP contribution in [0.2, 0.25) is 0 Å². The molecule has 0 radical (unpaired) electrons. The van der Waals surface area contributed by atoms with Gasteiger partial charge in [0.15, 0.2) is 0 Å². The number of para-hydroxylation sites is 1. The van der Waals surface area contributed by atoms with Gasteiger partial charge in [-0.15, -0.1) is 0 Å². The van der Waals surface area contributed by atoms with Crippen molar-refractivity contribution in [2.45, 2.75) is 40.2 Å². The molecule has 0 aliphatic heterocycles. The Balaban J connectivity index is 2.49. The fourth-order valence-electron chi connectivity index (χ4n) is 2.03. The maximum absolute atomic E-state index is 11.8. The number of nitrogens with one attached hydrogen (secondary N) is 1. The van der Waals surface area contributed by atoms with Gasteiger partial charge >= 0.3 is 5.97 Å². The number of aliphatic carboxylic acids is 1. The van der Waals surface area contributed by atoms with Gasteiger partial charge in [0.25, 0.3) is 0 Å². The number of carboxylic acids is 1. The number of benzene rings is 1. The molecule has 1 aromatic rings. The van der Waals surface area contributed by atoms with Crippen LogP contribution in [0.3, 0.4) is 0 Å². The van der Waals surface area contributed by atoms with Gasteiger partial charge in [0.1, 0.15) is 11.8 Å². The number of hydrogen-bond acceptors (Lipinski definition) is 3. The van der Waals surface area contributed by atoms with Crippen molar-refractivity contribution in [3.63, 3.8) is 0 Å². The van der Waals surface area contributed by atoms with E-state index in [1.807, 2.05) is 32.0 Å². The minimum Gasteiger partial charge on any atom is -0.493 e. The first-order valence-corrected chi connectivity index (χ1v) is 7.04. The molecule has 0 unspecified atom stereocenters. The fourth-order valence-corrected chi connectivity index (χ4v) is 2.03. The van der Waals surface area contributed by atoms with E-state index in [1.165, 1.54) is 0 Å². The topological polar surface area (TPSA) is 75.6 Å². The highest BCUT2D eigenvalue weighted by Crippen LogP contribution is 2.22. The summed E-state index contributed by atoms with van der Waals surface area (Å²) in [5, 5.41) is 11.5. The molecular weight excluding hydrogens is 270 g/mol. The molecule has 2 N–H and O–H groups in total. The van der Waals surface area contributed by atoms with E-state index in [0.717, 1.165) is 16.9 Å². The van der Waals surface area contributed by atoms with Gasteiger partial charge in [0, 0.05) is 0 Å². The summed E-state index contributed by atoms with van der Waals surface area (Å²) in [6.45, 7) is 7.63. The highest BCUT2D eigenvalue weighted by atomic mass is 16.5. The van der Waals surface area contributed by atoms with Crippen LogP contribution in [0.15, 0.2) is 18.2 Å². The predicted octanol–water partition coefficient (Wildman–Crippen LogP) is 2.30. The largest absolute Gasteiger partial charge is 0.493 e. The van der Waals surface area contributed by atoms with Crippen molar-refractivity contribution in [2.75, 3.05) is 6.61 Å². The van der Waals surface area contributed by atoms with Crippen molar-refractivity contribution in [1.29, 1.82) is 0 Å². The third kappa shape index (κ3) is 5.10. The number of aryl methyl sites for hydroxylation is 2. The van der Waals surface area contributed by atoms with Gasteiger partial charge in [0.05, 0.1) is 13.0 Å². The Bertz CT molecular complexity index is 491. The molecule has 0 aromatic heterocycles. The minimum absolute atomic E-state index is 0.129. The number of carbonyl (C=O) groups is 2. The first-order valence-electron chi connectivity index (χ1n) is 7.04. The molecule has 0 fully saturated rings. The Morgan fingerprint density at radius 3 is 2.29 bits per heavy atom. The van der Waals surface area contributed by atoms with Crippen LogP contribution in [0.4, 0.5) is 0 Å². The van der Waals surface area contributed by atoms with Crippen LogP contribution in [0.25, 0.3) is 0 Å². The van der Waals surface area contributed by atoms with Crippen LogP contribution in [0.1, 0.15) is 31.4 Å². The van der Waals surface area contributed by atoms with Gasteiger partial charge in [-0.05, 0) is 30.9 Å². The molecule has 1 amide bonds. The normalized spacial score (nSPS) is 12.0. The van der Waals surface area contributed by atoms with E-state index in [-0.39, 0.29) is 24.9 Å². The Morgan fingerprint density at radius 2 is 1.81 bits per heavy atom. The lowest BCUT2D eigenvalue weighted by atomic mass is 10.0. The van der Waals surface area contributed by atoms with E-state index in [0.29, 0.717) is 0 Å². The number of rotatable bonds is 7. The van der Waals surface area contributed by atoms with Crippen molar-refractivity contribution >= 4 is 11.9 Å². The Hall–Kier alpha value is -2.04. The fraction of sp³-hybridized carbons (Fsp3) is 0.500. The quantitative estimate of drug-likeness (QED) is 0.809. The van der Waals surface area contributed by atoms with Crippen molar-refractivity contribution < 1.29 is 19.4 Å². The summed E-state index contributed by atoms with van der Waals surface area (Å²) >= 11 is 0. The third-order valence-electron chi connectivity index (χ3n) is 3.23. The average molecular weight is 293 g/mol. The number of ether oxygens (including phenoxy) is 1. The van der Waals surface area contributed by atoms with E-state index in [1.54, 1.807) is 13.8 Å². The molecule has 0 aliphatic carbocycles. The standard InChI is InChI=1S/C16H23NO4/c1-10(2)14(16(19)20)17-13(18)8-9-21-15-11(3)6-5-7-12(15)4/h5-7,10,14H,8-9H2,1-4H3,(H,17,18)(H,19,20)/t14-/m0/s1. The number of amides is 1. The van der Waals surface area contributed by atoms with E-state index in [4.69, 9.17) is 9.84 Å². The van der Waals surface area contributed by atoms with Gasteiger partial charge in [0.2, 0.25) is 5.91 Å². The van der Waals surface area contributed by atoms with Crippen LogP contribution in [0, 0.1) is 19.8 Å². The molecule has 0 saturated heterocycles. The molecule has 0 spiro atoms. The molecule has 5 heteroatoms. The molecule has 0 saturated carbocycles. The van der Waals surface area contributed by atoms with E-state index >= 15 is 0 Å². The molecule has 1 rings (SSSR count). The van der Waals surface area contributed by atoms with Crippen LogP contribution in [0.5, 0.6) is 5.75 Å². The zero-order valence-corrected chi connectivity index (χ0v) is 13.0. The molecule has 0 aliphatic rings. The average Bonchev–Trinajstić information content (AvgIpc) is 2.38. The Kier molecular flexibility index (Phi) is 6.21. The maximum Gasteiger partial charge on any atom is 0.326 e. The summed E-state index contributed by atoms with van der Waals surface area (Å²) in [7, 11) is 0. The maximum atomic E-state index is 11.8. The molecule has 1 aromatic carbocycles. The summed E-state index contributed by atoms with van der Waals surface area (Å²) in [5.41, 5.74) is 2.03. The monoisotopic (exact) mass is 293 g/mol. The summed E-state index contributed by atoms with van der Waals surface area (Å²) < 4.78 is 5.63. The number of hydrogen-bond donors (Lipinski definition) is 2. The molecule has 5 nitrogen and oxygen atoms in total. The van der Waals surface area contributed by atoms with Crippen LogP contribution in [-0.4, -0.2) is 29.6 Å². The third-order valence-corrected chi connectivity index (χ3v) is 3.23. The molecule has 1 atom stereocenters. The van der Waals surface area contributed by atoms with Gasteiger partial charge < -0.3 is 15.2 Å². The number of carboxylic acid groups (broad SMARTS) is 1. The molecule has 0 bridgehead atoms. The smallest absolute Gasteiger partial charge is 0.326 e. The highest BCUT2D eigenvalue weighted by Gasteiger charge is 2.23. The molecule has 21 heavy (non-hydrogen) atoms. The second kappa shape index (κ2) is 7.67. The van der Waals surface area contributed by atoms with Crippen molar-refractivity contribution in [3.05, 3.63) is 29.3 Å². The lowest BCUT2D eigenvalue weighted by molar-refractivity contribution is -0.143. The Morgan fingerprint density at radius 1 is 1.24 bits per heavy atom. The predicted molar refractivity (Wildman–Crippen MR) is 80.4 cm³/mol. The molecular formula is C16H23NO4. The second-order valence-corrected chi connectivity index (χ2v) is 5.45.